The summed E-state index contributed by atoms with van der Waals surface area (Å²) in [5, 5.41) is 4.49. The van der Waals surface area contributed by atoms with Gasteiger partial charge in [-0.05, 0) is 74.4 Å². The molecule has 2 heterocycles. The number of halogens is 2. The van der Waals surface area contributed by atoms with Crippen LogP contribution in [0.15, 0.2) is 78.9 Å². The highest BCUT2D eigenvalue weighted by molar-refractivity contribution is 6.42. The van der Waals surface area contributed by atoms with Crippen molar-refractivity contribution in [3.8, 4) is 0 Å². The van der Waals surface area contributed by atoms with E-state index in [1.807, 2.05) is 65.6 Å². The number of nitrogens with one attached hydrogen (secondary N) is 1. The summed E-state index contributed by atoms with van der Waals surface area (Å²) in [5.74, 6) is 0.0656. The van der Waals surface area contributed by atoms with Gasteiger partial charge in [0.1, 0.15) is 0 Å². The molecule has 5 rings (SSSR count). The summed E-state index contributed by atoms with van der Waals surface area (Å²) in [6.07, 6.45) is 5.44. The number of urea groups is 1. The van der Waals surface area contributed by atoms with E-state index in [0.29, 0.717) is 22.2 Å². The van der Waals surface area contributed by atoms with Crippen LogP contribution in [0.3, 0.4) is 0 Å². The van der Waals surface area contributed by atoms with Crippen LogP contribution >= 0.6 is 23.2 Å². The van der Waals surface area contributed by atoms with Crippen molar-refractivity contribution in [1.29, 1.82) is 0 Å². The number of rotatable bonds is 8. The Bertz CT molecular complexity index is 1390. The Hall–Kier alpha value is -3.06. The fourth-order valence-electron chi connectivity index (χ4n) is 6.90. The van der Waals surface area contributed by atoms with Crippen molar-refractivity contribution in [1.82, 2.24) is 20.0 Å². The standard InChI is InChI=1S/C35H42Cl2N4O2/c1-39(2)33(43)38-35(28-14-7-4-8-15-28)20-24-40(25-21-35)22-10-18-34(29-16-9-17-30(36)31(29)37)19-11-23-41(26-34)32(42)27-12-5-3-6-13-27/h3-9,12-17H,10-11,18-26H2,1-2H3,(H,38,43). The predicted octanol–water partition coefficient (Wildman–Crippen LogP) is 7.21. The van der Waals surface area contributed by atoms with Crippen LogP contribution in [0.25, 0.3) is 0 Å². The van der Waals surface area contributed by atoms with Gasteiger partial charge in [-0.25, -0.2) is 4.79 Å². The zero-order chi connectivity index (χ0) is 30.5. The molecule has 6 nitrogen and oxygen atoms in total. The molecule has 8 heteroatoms. The van der Waals surface area contributed by atoms with Gasteiger partial charge >= 0.3 is 6.03 Å². The average Bonchev–Trinajstić information content (AvgIpc) is 3.03. The first-order valence-corrected chi connectivity index (χ1v) is 16.0. The molecule has 43 heavy (non-hydrogen) atoms. The Morgan fingerprint density at radius 1 is 0.860 bits per heavy atom. The molecular weight excluding hydrogens is 579 g/mol. The zero-order valence-corrected chi connectivity index (χ0v) is 26.7. The quantitative estimate of drug-likeness (QED) is 0.289. The maximum atomic E-state index is 13.5. The molecule has 2 saturated heterocycles. The Morgan fingerprint density at radius 3 is 2.21 bits per heavy atom. The van der Waals surface area contributed by atoms with Gasteiger partial charge in [-0.3, -0.25) is 4.79 Å². The van der Waals surface area contributed by atoms with Crippen molar-refractivity contribution in [2.75, 3.05) is 46.8 Å². The molecule has 0 radical (unpaired) electrons. The second kappa shape index (κ2) is 13.7. The van der Waals surface area contributed by atoms with Gasteiger partial charge in [0.15, 0.2) is 0 Å². The molecule has 3 aromatic rings. The lowest BCUT2D eigenvalue weighted by molar-refractivity contribution is 0.0616. The number of carbonyl (C=O) groups excluding carboxylic acids is 2. The summed E-state index contributed by atoms with van der Waals surface area (Å²) >= 11 is 13.4. The Kier molecular flexibility index (Phi) is 10.0. The molecular formula is C35H42Cl2N4O2. The minimum atomic E-state index is -0.379. The Morgan fingerprint density at radius 2 is 1.53 bits per heavy atom. The number of piperidine rings is 2. The number of hydrogen-bond donors (Lipinski definition) is 1. The number of nitrogens with zero attached hydrogens (tertiary/aromatic N) is 3. The van der Waals surface area contributed by atoms with Crippen molar-refractivity contribution < 1.29 is 9.59 Å². The van der Waals surface area contributed by atoms with E-state index in [1.165, 1.54) is 0 Å². The molecule has 1 N–H and O–H groups in total. The number of amides is 3. The van der Waals surface area contributed by atoms with Crippen LogP contribution in [0.4, 0.5) is 4.79 Å². The van der Waals surface area contributed by atoms with Crippen molar-refractivity contribution in [2.45, 2.75) is 49.5 Å². The Balaban J connectivity index is 1.29. The van der Waals surface area contributed by atoms with Crippen LogP contribution in [0.2, 0.25) is 10.0 Å². The first kappa shape index (κ1) is 31.4. The maximum Gasteiger partial charge on any atom is 0.317 e. The largest absolute Gasteiger partial charge is 0.338 e. The maximum absolute atomic E-state index is 13.5. The molecule has 0 bridgehead atoms. The minimum absolute atomic E-state index is 0.0652. The first-order valence-electron chi connectivity index (χ1n) is 15.3. The van der Waals surface area contributed by atoms with Gasteiger partial charge in [-0.2, -0.15) is 0 Å². The smallest absolute Gasteiger partial charge is 0.317 e. The van der Waals surface area contributed by atoms with E-state index in [9.17, 15) is 9.59 Å². The van der Waals surface area contributed by atoms with E-state index < -0.39 is 0 Å². The van der Waals surface area contributed by atoms with Crippen LogP contribution in [-0.2, 0) is 11.0 Å². The van der Waals surface area contributed by atoms with Gasteiger partial charge in [-0.15, -0.1) is 0 Å². The second-order valence-electron chi connectivity index (χ2n) is 12.3. The van der Waals surface area contributed by atoms with Gasteiger partial charge in [-0.1, -0.05) is 83.9 Å². The van der Waals surface area contributed by atoms with Crippen LogP contribution in [0, 0.1) is 0 Å². The van der Waals surface area contributed by atoms with E-state index in [2.05, 4.69) is 28.4 Å². The molecule has 0 aromatic heterocycles. The van der Waals surface area contributed by atoms with Gasteiger partial charge in [0.2, 0.25) is 0 Å². The van der Waals surface area contributed by atoms with E-state index >= 15 is 0 Å². The molecule has 2 aliphatic heterocycles. The first-order chi connectivity index (χ1) is 20.7. The topological polar surface area (TPSA) is 55.9 Å². The summed E-state index contributed by atoms with van der Waals surface area (Å²) in [7, 11) is 3.57. The number of hydrogen-bond acceptors (Lipinski definition) is 3. The number of benzene rings is 3. The second-order valence-corrected chi connectivity index (χ2v) is 13.1. The van der Waals surface area contributed by atoms with Crippen LogP contribution in [0.5, 0.6) is 0 Å². The van der Waals surface area contributed by atoms with Crippen molar-refractivity contribution in [3.05, 3.63) is 106 Å². The zero-order valence-electron chi connectivity index (χ0n) is 25.2. The van der Waals surface area contributed by atoms with E-state index in [4.69, 9.17) is 23.2 Å². The van der Waals surface area contributed by atoms with Gasteiger partial charge in [0.05, 0.1) is 15.6 Å². The third-order valence-corrected chi connectivity index (χ3v) is 10.1. The van der Waals surface area contributed by atoms with E-state index in [1.54, 1.807) is 19.0 Å². The highest BCUT2D eigenvalue weighted by Gasteiger charge is 2.41. The van der Waals surface area contributed by atoms with E-state index in [0.717, 1.165) is 75.8 Å². The van der Waals surface area contributed by atoms with Crippen LogP contribution in [0.1, 0.15) is 60.0 Å². The number of likely N-dealkylation sites (tertiary alicyclic amines) is 2. The summed E-state index contributed by atoms with van der Waals surface area (Å²) in [4.78, 5) is 32.4. The SMILES string of the molecule is CN(C)C(=O)NC1(c2ccccc2)CCN(CCCC2(c3cccc(Cl)c3Cl)CCCN(C(=O)c3ccccc3)C2)CC1. The van der Waals surface area contributed by atoms with Gasteiger partial charge < -0.3 is 20.0 Å². The highest BCUT2D eigenvalue weighted by Crippen LogP contribution is 2.44. The van der Waals surface area contributed by atoms with Crippen molar-refractivity contribution >= 4 is 35.1 Å². The van der Waals surface area contributed by atoms with Gasteiger partial charge in [0, 0.05) is 51.3 Å². The van der Waals surface area contributed by atoms with E-state index in [-0.39, 0.29) is 22.9 Å². The molecule has 1 atom stereocenters. The third-order valence-electron chi connectivity index (χ3n) is 9.33. The summed E-state index contributed by atoms with van der Waals surface area (Å²) < 4.78 is 0. The lowest BCUT2D eigenvalue weighted by Gasteiger charge is -2.45. The fraction of sp³-hybridized carbons (Fsp3) is 0.429. The van der Waals surface area contributed by atoms with Crippen molar-refractivity contribution in [3.63, 3.8) is 0 Å². The van der Waals surface area contributed by atoms with Crippen LogP contribution in [-0.4, -0.2) is 73.5 Å². The molecule has 0 spiro atoms. The third kappa shape index (κ3) is 7.03. The predicted molar refractivity (Wildman–Crippen MR) is 175 cm³/mol. The lowest BCUT2D eigenvalue weighted by atomic mass is 9.70. The van der Waals surface area contributed by atoms with Crippen LogP contribution < -0.4 is 5.32 Å². The molecule has 0 aliphatic carbocycles. The van der Waals surface area contributed by atoms with Gasteiger partial charge in [0.25, 0.3) is 5.91 Å². The Labute approximate surface area is 265 Å². The fourth-order valence-corrected chi connectivity index (χ4v) is 7.40. The molecule has 3 aromatic carbocycles. The molecule has 1 unspecified atom stereocenters. The monoisotopic (exact) mass is 620 g/mol. The lowest BCUT2D eigenvalue weighted by Crippen LogP contribution is -2.55. The summed E-state index contributed by atoms with van der Waals surface area (Å²) in [5.41, 5.74) is 2.27. The normalized spacial score (nSPS) is 20.4. The average molecular weight is 622 g/mol. The number of carbonyl (C=O) groups is 2. The van der Waals surface area contributed by atoms with Crippen molar-refractivity contribution in [2.24, 2.45) is 0 Å². The summed E-state index contributed by atoms with van der Waals surface area (Å²) in [6.45, 7) is 4.09. The minimum Gasteiger partial charge on any atom is -0.338 e. The molecule has 2 fully saturated rings. The molecule has 2 aliphatic rings. The highest BCUT2D eigenvalue weighted by atomic mass is 35.5. The molecule has 228 valence electrons. The molecule has 3 amide bonds. The molecule has 0 saturated carbocycles. The summed E-state index contributed by atoms with van der Waals surface area (Å²) in [6, 6.07) is 25.7.